The molecule has 0 radical (unpaired) electrons. The average Bonchev–Trinajstić information content (AvgIpc) is 2.98. The third kappa shape index (κ3) is 5.51. The Morgan fingerprint density at radius 3 is 2.36 bits per heavy atom. The Bertz CT molecular complexity index is 783. The highest BCUT2D eigenvalue weighted by molar-refractivity contribution is 7.15. The van der Waals surface area contributed by atoms with Gasteiger partial charge in [-0.05, 0) is 24.6 Å². The van der Waals surface area contributed by atoms with Crippen molar-refractivity contribution in [2.24, 2.45) is 0 Å². The highest BCUT2D eigenvalue weighted by atomic mass is 35.5. The first-order valence-electron chi connectivity index (χ1n) is 7.85. The second kappa shape index (κ2) is 7.93. The second-order valence-corrected chi connectivity index (χ2v) is 8.06. The number of anilines is 2. The molecule has 2 N–H and O–H groups in total. The van der Waals surface area contributed by atoms with Gasteiger partial charge in [0.15, 0.2) is 0 Å². The van der Waals surface area contributed by atoms with Crippen LogP contribution in [-0.4, -0.2) is 22.0 Å². The summed E-state index contributed by atoms with van der Waals surface area (Å²) < 4.78 is 0. The Balaban J connectivity index is 1.84. The first-order chi connectivity index (χ1) is 11.7. The number of hydrogen-bond acceptors (Lipinski definition) is 5. The van der Waals surface area contributed by atoms with Crippen LogP contribution in [0.25, 0.3) is 0 Å². The Labute approximate surface area is 156 Å². The van der Waals surface area contributed by atoms with Gasteiger partial charge >= 0.3 is 0 Å². The van der Waals surface area contributed by atoms with E-state index in [4.69, 9.17) is 11.6 Å². The lowest BCUT2D eigenvalue weighted by atomic mass is 9.98. The quantitative estimate of drug-likeness (QED) is 0.815. The van der Waals surface area contributed by atoms with Crippen LogP contribution in [0.4, 0.5) is 10.8 Å². The van der Waals surface area contributed by atoms with Crippen LogP contribution in [0.15, 0.2) is 18.2 Å². The van der Waals surface area contributed by atoms with E-state index in [9.17, 15) is 9.59 Å². The molecule has 2 rings (SSSR count). The summed E-state index contributed by atoms with van der Waals surface area (Å²) >= 11 is 7.36. The van der Waals surface area contributed by atoms with E-state index >= 15 is 0 Å². The van der Waals surface area contributed by atoms with Gasteiger partial charge in [0, 0.05) is 29.0 Å². The number of hydrogen-bond donors (Lipinski definition) is 2. The standard InChI is InChI=1S/C17H21ClN4O2S/c1-10-11(18)6-5-7-12(10)19-13(23)8-9-14(24)20-16-22-21-15(25-16)17(2,3)4/h5-7H,8-9H2,1-4H3,(H,19,23)(H,20,22,24). The van der Waals surface area contributed by atoms with Gasteiger partial charge in [-0.2, -0.15) is 0 Å². The first-order valence-corrected chi connectivity index (χ1v) is 9.05. The zero-order valence-electron chi connectivity index (χ0n) is 14.6. The van der Waals surface area contributed by atoms with E-state index in [1.54, 1.807) is 18.2 Å². The maximum absolute atomic E-state index is 12.0. The van der Waals surface area contributed by atoms with Crippen molar-refractivity contribution < 1.29 is 9.59 Å². The molecule has 0 bridgehead atoms. The summed E-state index contributed by atoms with van der Waals surface area (Å²) in [5.74, 6) is -0.511. The van der Waals surface area contributed by atoms with Gasteiger partial charge in [-0.3, -0.25) is 9.59 Å². The van der Waals surface area contributed by atoms with Gasteiger partial charge in [-0.15, -0.1) is 10.2 Å². The molecule has 134 valence electrons. The third-order valence-electron chi connectivity index (χ3n) is 3.43. The lowest BCUT2D eigenvalue weighted by Crippen LogP contribution is -2.17. The summed E-state index contributed by atoms with van der Waals surface area (Å²) in [5.41, 5.74) is 1.33. The van der Waals surface area contributed by atoms with Gasteiger partial charge in [0.25, 0.3) is 0 Å². The molecule has 8 heteroatoms. The minimum absolute atomic E-state index is 0.0654. The molecule has 0 unspecified atom stereocenters. The number of rotatable bonds is 5. The molecule has 2 aromatic rings. The molecular formula is C17H21ClN4O2S. The number of carbonyl (C=O) groups excluding carboxylic acids is 2. The zero-order valence-corrected chi connectivity index (χ0v) is 16.2. The molecule has 0 aliphatic heterocycles. The van der Waals surface area contributed by atoms with E-state index < -0.39 is 0 Å². The van der Waals surface area contributed by atoms with Gasteiger partial charge in [0.05, 0.1) is 0 Å². The smallest absolute Gasteiger partial charge is 0.226 e. The number of benzene rings is 1. The van der Waals surface area contributed by atoms with Crippen molar-refractivity contribution in [2.75, 3.05) is 10.6 Å². The maximum Gasteiger partial charge on any atom is 0.226 e. The SMILES string of the molecule is Cc1c(Cl)cccc1NC(=O)CCC(=O)Nc1nnc(C(C)(C)C)s1. The van der Waals surface area contributed by atoms with Crippen molar-refractivity contribution in [3.8, 4) is 0 Å². The molecule has 0 saturated carbocycles. The summed E-state index contributed by atoms with van der Waals surface area (Å²) in [4.78, 5) is 24.0. The number of aromatic nitrogens is 2. The average molecular weight is 381 g/mol. The molecule has 0 fully saturated rings. The topological polar surface area (TPSA) is 84.0 Å². The molecule has 2 amide bonds. The summed E-state index contributed by atoms with van der Waals surface area (Å²) in [7, 11) is 0. The van der Waals surface area contributed by atoms with E-state index in [0.717, 1.165) is 10.6 Å². The Morgan fingerprint density at radius 2 is 1.76 bits per heavy atom. The zero-order chi connectivity index (χ0) is 18.6. The highest BCUT2D eigenvalue weighted by Crippen LogP contribution is 2.27. The van der Waals surface area contributed by atoms with Crippen LogP contribution in [0.5, 0.6) is 0 Å². The normalized spacial score (nSPS) is 11.2. The molecule has 6 nitrogen and oxygen atoms in total. The number of nitrogens with one attached hydrogen (secondary N) is 2. The molecule has 1 aromatic heterocycles. The molecule has 1 heterocycles. The van der Waals surface area contributed by atoms with Gasteiger partial charge in [-0.1, -0.05) is 49.8 Å². The minimum Gasteiger partial charge on any atom is -0.326 e. The summed E-state index contributed by atoms with van der Waals surface area (Å²) in [5, 5.41) is 15.4. The number of nitrogens with zero attached hydrogens (tertiary/aromatic N) is 2. The van der Waals surface area contributed by atoms with Gasteiger partial charge < -0.3 is 10.6 Å². The van der Waals surface area contributed by atoms with Crippen LogP contribution in [0.1, 0.15) is 44.2 Å². The largest absolute Gasteiger partial charge is 0.326 e. The third-order valence-corrected chi connectivity index (χ3v) is 5.11. The molecule has 0 aliphatic rings. The maximum atomic E-state index is 12.0. The monoisotopic (exact) mass is 380 g/mol. The predicted molar refractivity (Wildman–Crippen MR) is 101 cm³/mol. The van der Waals surface area contributed by atoms with E-state index in [1.165, 1.54) is 11.3 Å². The van der Waals surface area contributed by atoms with Crippen molar-refractivity contribution in [1.82, 2.24) is 10.2 Å². The van der Waals surface area contributed by atoms with Gasteiger partial charge in [-0.25, -0.2) is 0 Å². The van der Waals surface area contributed by atoms with Crippen molar-refractivity contribution in [3.63, 3.8) is 0 Å². The fourth-order valence-electron chi connectivity index (χ4n) is 1.94. The summed E-state index contributed by atoms with van der Waals surface area (Å²) in [6.07, 6.45) is 0.137. The summed E-state index contributed by atoms with van der Waals surface area (Å²) in [6.45, 7) is 7.91. The van der Waals surface area contributed by atoms with E-state index in [-0.39, 0.29) is 30.1 Å². The van der Waals surface area contributed by atoms with Crippen LogP contribution in [0.3, 0.4) is 0 Å². The van der Waals surface area contributed by atoms with Crippen LogP contribution < -0.4 is 10.6 Å². The molecule has 0 atom stereocenters. The Hall–Kier alpha value is -1.99. The molecule has 0 spiro atoms. The van der Waals surface area contributed by atoms with E-state index in [2.05, 4.69) is 20.8 Å². The van der Waals surface area contributed by atoms with E-state index in [0.29, 0.717) is 15.8 Å². The van der Waals surface area contributed by atoms with Crippen molar-refractivity contribution in [1.29, 1.82) is 0 Å². The van der Waals surface area contributed by atoms with Crippen molar-refractivity contribution in [2.45, 2.75) is 46.0 Å². The van der Waals surface area contributed by atoms with Crippen LogP contribution in [-0.2, 0) is 15.0 Å². The lowest BCUT2D eigenvalue weighted by molar-refractivity contribution is -0.121. The Morgan fingerprint density at radius 1 is 1.12 bits per heavy atom. The van der Waals surface area contributed by atoms with Crippen LogP contribution >= 0.6 is 22.9 Å². The number of halogens is 1. The van der Waals surface area contributed by atoms with Crippen LogP contribution in [0, 0.1) is 6.92 Å². The molecule has 1 aromatic carbocycles. The fourth-order valence-corrected chi connectivity index (χ4v) is 2.93. The first kappa shape index (κ1) is 19.3. The molecule has 0 saturated heterocycles. The minimum atomic E-state index is -0.269. The Kier molecular flexibility index (Phi) is 6.13. The highest BCUT2D eigenvalue weighted by Gasteiger charge is 2.20. The number of amides is 2. The van der Waals surface area contributed by atoms with Gasteiger partial charge in [0.1, 0.15) is 5.01 Å². The molecular weight excluding hydrogens is 360 g/mol. The van der Waals surface area contributed by atoms with Crippen molar-refractivity contribution in [3.05, 3.63) is 33.8 Å². The van der Waals surface area contributed by atoms with Crippen molar-refractivity contribution >= 4 is 45.6 Å². The molecule has 0 aliphatic carbocycles. The number of carbonyl (C=O) groups is 2. The van der Waals surface area contributed by atoms with E-state index in [1.807, 2.05) is 27.7 Å². The van der Waals surface area contributed by atoms with Crippen LogP contribution in [0.2, 0.25) is 5.02 Å². The lowest BCUT2D eigenvalue weighted by Gasteiger charge is -2.12. The predicted octanol–water partition coefficient (Wildman–Crippen LogP) is 4.15. The molecule has 25 heavy (non-hydrogen) atoms. The second-order valence-electron chi connectivity index (χ2n) is 6.67. The fraction of sp³-hybridized carbons (Fsp3) is 0.412. The summed E-state index contributed by atoms with van der Waals surface area (Å²) in [6, 6.07) is 5.29. The van der Waals surface area contributed by atoms with Gasteiger partial charge in [0.2, 0.25) is 16.9 Å².